The summed E-state index contributed by atoms with van der Waals surface area (Å²) < 4.78 is 32.0. The second kappa shape index (κ2) is 15.2. The third-order valence-electron chi connectivity index (χ3n) is 8.72. The molecule has 47 heavy (non-hydrogen) atoms. The minimum Gasteiger partial charge on any atom is -0.479 e. The molecule has 0 saturated carbocycles. The minimum absolute atomic E-state index is 0.0326. The smallest absolute Gasteiger partial charge is 0.335 e. The molecular weight excluding hydrogens is 610 g/mol. The van der Waals surface area contributed by atoms with Crippen LogP contribution in [-0.2, 0) is 17.8 Å². The molecule has 1 fully saturated rings. The summed E-state index contributed by atoms with van der Waals surface area (Å²) >= 11 is 0. The molecule has 3 atom stereocenters. The van der Waals surface area contributed by atoms with Gasteiger partial charge < -0.3 is 30.1 Å². The lowest BCUT2D eigenvalue weighted by Gasteiger charge is -2.33. The summed E-state index contributed by atoms with van der Waals surface area (Å²) in [6.45, 7) is 12.1. The highest BCUT2D eigenvalue weighted by atomic mass is 19.1. The third-order valence-corrected chi connectivity index (χ3v) is 8.72. The molecule has 0 spiro atoms. The zero-order chi connectivity index (χ0) is 33.7. The summed E-state index contributed by atoms with van der Waals surface area (Å²) in [5.74, 6) is -0.856. The number of aliphatic hydroxyl groups is 2. The van der Waals surface area contributed by atoms with Crippen LogP contribution in [-0.4, -0.2) is 101 Å². The number of fused-ring (bicyclic) bond motifs is 3. The van der Waals surface area contributed by atoms with Crippen molar-refractivity contribution in [1.29, 1.82) is 0 Å². The van der Waals surface area contributed by atoms with Crippen LogP contribution in [0.3, 0.4) is 0 Å². The van der Waals surface area contributed by atoms with E-state index in [0.29, 0.717) is 22.4 Å². The Labute approximate surface area is 272 Å². The van der Waals surface area contributed by atoms with Crippen LogP contribution >= 0.6 is 0 Å². The molecule has 6 rings (SSSR count). The lowest BCUT2D eigenvalue weighted by Crippen LogP contribution is -2.45. The number of aryl methyl sites for hydroxylation is 1. The first kappa shape index (κ1) is 34.2. The Morgan fingerprint density at radius 3 is 2.40 bits per heavy atom. The van der Waals surface area contributed by atoms with Gasteiger partial charge in [0.05, 0.1) is 17.8 Å². The highest BCUT2D eigenvalue weighted by Gasteiger charge is 2.24. The van der Waals surface area contributed by atoms with Gasteiger partial charge in [0.2, 0.25) is 5.95 Å². The fourth-order valence-corrected chi connectivity index (χ4v) is 5.94. The number of pyridine rings is 1. The maximum atomic E-state index is 15.1. The Hall–Kier alpha value is -4.11. The van der Waals surface area contributed by atoms with Crippen molar-refractivity contribution < 1.29 is 28.9 Å². The van der Waals surface area contributed by atoms with E-state index in [1.807, 2.05) is 18.3 Å². The number of hydrogen-bond acceptors (Lipinski definition) is 10. The molecule has 0 unspecified atom stereocenters. The molecule has 12 nitrogen and oxygen atoms in total. The first-order valence-corrected chi connectivity index (χ1v) is 16.1. The lowest BCUT2D eigenvalue weighted by molar-refractivity contribution is -0.152. The Morgan fingerprint density at radius 1 is 1.02 bits per heavy atom. The van der Waals surface area contributed by atoms with Gasteiger partial charge in [0.15, 0.2) is 17.7 Å². The monoisotopic (exact) mass is 652 g/mol. The maximum absolute atomic E-state index is 15.1. The predicted octanol–water partition coefficient (Wildman–Crippen LogP) is 4.15. The van der Waals surface area contributed by atoms with Crippen LogP contribution in [0.25, 0.3) is 22.3 Å². The zero-order valence-electron chi connectivity index (χ0n) is 26.9. The number of carbonyl (C=O) groups is 1. The molecule has 0 amide bonds. The molecule has 1 saturated heterocycles. The molecule has 3 aromatic heterocycles. The van der Waals surface area contributed by atoms with Crippen LogP contribution in [0.4, 0.5) is 20.5 Å². The minimum atomic E-state index is -1.64. The van der Waals surface area contributed by atoms with E-state index < -0.39 is 29.8 Å². The van der Waals surface area contributed by atoms with E-state index in [9.17, 15) is 9.18 Å². The fraction of sp³-hybridized carbons (Fsp3) is 0.485. The standard InChI is InChI=1S/C28H32F2N8.C5H10O4/c1-3-36-9-11-37(12-10-36)17-19-7-8-24(31-15-19)33-28-32-16-22(30)26(35-28)20-13-21(29)27-23(14-20)38-18(2)5-4-6-25(38)34-27;1-2-3(6)4(7)5(8)9/h7-8,13-16,18H,3-6,9-12,17H2,1-2H3,(H,31,32,33,35);3-4,6-7H,2H2,1H3,(H,8,9)/t18-;3-,4+/m10/s1. The first-order valence-electron chi connectivity index (χ1n) is 16.1. The normalized spacial score (nSPS) is 18.2. The molecular formula is C33H42F2N8O4. The summed E-state index contributed by atoms with van der Waals surface area (Å²) in [5.41, 5.74) is 2.50. The van der Waals surface area contributed by atoms with Crippen molar-refractivity contribution in [1.82, 2.24) is 34.3 Å². The molecule has 2 aliphatic heterocycles. The molecule has 2 aliphatic rings. The molecule has 4 N–H and O–H groups in total. The average Bonchev–Trinajstić information content (AvgIpc) is 3.47. The van der Waals surface area contributed by atoms with Crippen LogP contribution < -0.4 is 5.32 Å². The van der Waals surface area contributed by atoms with Crippen molar-refractivity contribution in [2.24, 2.45) is 0 Å². The molecule has 4 aromatic rings. The van der Waals surface area contributed by atoms with Gasteiger partial charge in [-0.1, -0.05) is 19.9 Å². The quantitative estimate of drug-likeness (QED) is 0.206. The van der Waals surface area contributed by atoms with E-state index in [1.165, 1.54) is 6.07 Å². The van der Waals surface area contributed by atoms with E-state index in [0.717, 1.165) is 76.1 Å². The average molecular weight is 653 g/mol. The van der Waals surface area contributed by atoms with Gasteiger partial charge in [-0.2, -0.15) is 0 Å². The largest absolute Gasteiger partial charge is 0.479 e. The topological polar surface area (TPSA) is 153 Å². The number of nitrogens with one attached hydrogen (secondary N) is 1. The fourth-order valence-electron chi connectivity index (χ4n) is 5.94. The van der Waals surface area contributed by atoms with Crippen molar-refractivity contribution in [3.63, 3.8) is 0 Å². The van der Waals surface area contributed by atoms with Crippen molar-refractivity contribution in [2.75, 3.05) is 38.0 Å². The van der Waals surface area contributed by atoms with Crippen molar-refractivity contribution in [3.05, 3.63) is 59.7 Å². The van der Waals surface area contributed by atoms with E-state index in [1.54, 1.807) is 13.0 Å². The van der Waals surface area contributed by atoms with Gasteiger partial charge in [0.1, 0.15) is 22.9 Å². The summed E-state index contributed by atoms with van der Waals surface area (Å²) in [4.78, 5) is 32.3. The molecule has 0 radical (unpaired) electrons. The Bertz CT molecular complexity index is 1680. The highest BCUT2D eigenvalue weighted by Crippen LogP contribution is 2.34. The highest BCUT2D eigenvalue weighted by molar-refractivity contribution is 5.83. The Morgan fingerprint density at radius 2 is 1.77 bits per heavy atom. The second-order valence-corrected chi connectivity index (χ2v) is 12.0. The van der Waals surface area contributed by atoms with Crippen molar-refractivity contribution in [2.45, 2.75) is 71.2 Å². The van der Waals surface area contributed by atoms with Gasteiger partial charge in [0.25, 0.3) is 0 Å². The lowest BCUT2D eigenvalue weighted by atomic mass is 10.1. The van der Waals surface area contributed by atoms with E-state index in [4.69, 9.17) is 15.3 Å². The molecule has 5 heterocycles. The van der Waals surface area contributed by atoms with E-state index in [2.05, 4.69) is 53.5 Å². The number of aromatic nitrogens is 5. The van der Waals surface area contributed by atoms with Crippen LogP contribution in [0.5, 0.6) is 0 Å². The van der Waals surface area contributed by atoms with Crippen LogP contribution in [0.1, 0.15) is 57.5 Å². The number of carboxylic acids is 1. The molecule has 252 valence electrons. The SMILES string of the molecule is CCN1CCN(Cc2ccc(Nc3ncc(F)c(-c4cc(F)c5nc6n(c5c4)[C@H](C)CCC6)n3)nc2)CC1.CC[C@H](O)[C@@H](O)C(=O)O. The van der Waals surface area contributed by atoms with Gasteiger partial charge in [-0.15, -0.1) is 0 Å². The van der Waals surface area contributed by atoms with Crippen LogP contribution in [0.15, 0.2) is 36.7 Å². The number of anilines is 2. The second-order valence-electron chi connectivity index (χ2n) is 12.0. The Kier molecular flexibility index (Phi) is 11.1. The molecule has 14 heteroatoms. The maximum Gasteiger partial charge on any atom is 0.335 e. The number of carboxylic acid groups (broad SMARTS) is 1. The zero-order valence-corrected chi connectivity index (χ0v) is 26.9. The molecule has 0 aliphatic carbocycles. The summed E-state index contributed by atoms with van der Waals surface area (Å²) in [6.07, 6.45) is 3.23. The van der Waals surface area contributed by atoms with Gasteiger partial charge in [-0.05, 0) is 56.5 Å². The van der Waals surface area contributed by atoms with E-state index >= 15 is 4.39 Å². The van der Waals surface area contributed by atoms with Gasteiger partial charge >= 0.3 is 5.97 Å². The first-order chi connectivity index (χ1) is 22.6. The molecule has 0 bridgehead atoms. The number of aliphatic carboxylic acids is 1. The van der Waals surface area contributed by atoms with Gasteiger partial charge in [0, 0.05) is 56.9 Å². The number of piperazine rings is 1. The predicted molar refractivity (Wildman–Crippen MR) is 173 cm³/mol. The number of aliphatic hydroxyl groups excluding tert-OH is 2. The van der Waals surface area contributed by atoms with Crippen molar-refractivity contribution in [3.8, 4) is 11.3 Å². The number of nitrogens with zero attached hydrogens (tertiary/aromatic N) is 7. The number of rotatable bonds is 9. The summed E-state index contributed by atoms with van der Waals surface area (Å²) in [7, 11) is 0. The summed E-state index contributed by atoms with van der Waals surface area (Å²) in [6, 6.07) is 7.18. The molecule has 1 aromatic carbocycles. The van der Waals surface area contributed by atoms with E-state index in [-0.39, 0.29) is 24.1 Å². The van der Waals surface area contributed by atoms with Crippen LogP contribution in [0, 0.1) is 11.6 Å². The van der Waals surface area contributed by atoms with Crippen LogP contribution in [0.2, 0.25) is 0 Å². The number of likely N-dealkylation sites (N-methyl/N-ethyl adjacent to an activating group) is 1. The number of imidazole rings is 1. The number of benzene rings is 1. The Balaban J connectivity index is 0.000000424. The van der Waals surface area contributed by atoms with Gasteiger partial charge in [-0.3, -0.25) is 4.90 Å². The third kappa shape index (κ3) is 8.07. The van der Waals surface area contributed by atoms with Gasteiger partial charge in [-0.25, -0.2) is 33.5 Å². The van der Waals surface area contributed by atoms with Crippen molar-refractivity contribution >= 4 is 28.8 Å². The number of hydrogen-bond donors (Lipinski definition) is 4. The summed E-state index contributed by atoms with van der Waals surface area (Å²) in [5, 5.41) is 28.3. The number of halogens is 2.